The van der Waals surface area contributed by atoms with Gasteiger partial charge in [-0.1, -0.05) is 11.6 Å². The molecule has 0 fully saturated rings. The number of halogens is 1. The predicted molar refractivity (Wildman–Crippen MR) is 60.0 cm³/mol. The van der Waals surface area contributed by atoms with Gasteiger partial charge >= 0.3 is 0 Å². The van der Waals surface area contributed by atoms with Crippen molar-refractivity contribution in [1.29, 1.82) is 0 Å². The summed E-state index contributed by atoms with van der Waals surface area (Å²) in [4.78, 5) is 18.2. The lowest BCUT2D eigenvalue weighted by Gasteiger charge is -2.22. The molecule has 1 aromatic carbocycles. The van der Waals surface area contributed by atoms with E-state index in [0.29, 0.717) is 16.4 Å². The molecule has 3 rings (SSSR count). The molecule has 3 nitrogen and oxygen atoms in total. The van der Waals surface area contributed by atoms with Crippen molar-refractivity contribution in [3.8, 4) is 0 Å². The summed E-state index contributed by atoms with van der Waals surface area (Å²) >= 11 is 5.88. The summed E-state index contributed by atoms with van der Waals surface area (Å²) in [6.07, 6.45) is 0.999. The fourth-order valence-electron chi connectivity index (χ4n) is 2.08. The SMILES string of the molecule is O=C1C2=NCCCN2c2ccc(Cl)cc21. The highest BCUT2D eigenvalue weighted by Gasteiger charge is 2.34. The molecule has 0 bridgehead atoms. The standard InChI is InChI=1S/C11H9ClN2O/c12-7-2-3-9-8(6-7)10(15)11-13-4-1-5-14(9)11/h2-3,6H,1,4-5H2. The lowest BCUT2D eigenvalue weighted by atomic mass is 10.1. The highest BCUT2D eigenvalue weighted by Crippen LogP contribution is 2.32. The van der Waals surface area contributed by atoms with Crippen LogP contribution in [0.5, 0.6) is 0 Å². The minimum atomic E-state index is 0.00667. The Morgan fingerprint density at radius 1 is 1.40 bits per heavy atom. The van der Waals surface area contributed by atoms with Crippen LogP contribution in [-0.4, -0.2) is 24.7 Å². The van der Waals surface area contributed by atoms with Crippen LogP contribution in [0.4, 0.5) is 5.69 Å². The molecule has 0 saturated carbocycles. The number of aliphatic imine (C=N–C) groups is 1. The summed E-state index contributed by atoms with van der Waals surface area (Å²) in [6.45, 7) is 1.62. The maximum Gasteiger partial charge on any atom is 0.230 e. The van der Waals surface area contributed by atoms with Gasteiger partial charge < -0.3 is 4.90 Å². The highest BCUT2D eigenvalue weighted by molar-refractivity contribution is 6.54. The van der Waals surface area contributed by atoms with E-state index in [1.807, 2.05) is 17.0 Å². The van der Waals surface area contributed by atoms with Gasteiger partial charge in [-0.2, -0.15) is 0 Å². The van der Waals surface area contributed by atoms with Crippen molar-refractivity contribution < 1.29 is 4.79 Å². The Morgan fingerprint density at radius 2 is 2.27 bits per heavy atom. The summed E-state index contributed by atoms with van der Waals surface area (Å²) in [6, 6.07) is 5.43. The monoisotopic (exact) mass is 220 g/mol. The van der Waals surface area contributed by atoms with Gasteiger partial charge in [-0.25, -0.2) is 0 Å². The maximum absolute atomic E-state index is 12.0. The van der Waals surface area contributed by atoms with Gasteiger partial charge in [-0.3, -0.25) is 9.79 Å². The topological polar surface area (TPSA) is 32.7 Å². The molecule has 76 valence electrons. The molecule has 1 aromatic rings. The van der Waals surface area contributed by atoms with Gasteiger partial charge in [-0.15, -0.1) is 0 Å². The second-order valence-corrected chi connectivity index (χ2v) is 4.14. The molecule has 2 heterocycles. The third-order valence-corrected chi connectivity index (χ3v) is 2.99. The Labute approximate surface area is 92.4 Å². The van der Waals surface area contributed by atoms with Crippen molar-refractivity contribution in [2.45, 2.75) is 6.42 Å². The van der Waals surface area contributed by atoms with E-state index in [-0.39, 0.29) is 5.78 Å². The van der Waals surface area contributed by atoms with Gasteiger partial charge in [0, 0.05) is 18.1 Å². The second kappa shape index (κ2) is 3.07. The van der Waals surface area contributed by atoms with Crippen LogP contribution in [0.2, 0.25) is 5.02 Å². The normalized spacial score (nSPS) is 18.6. The maximum atomic E-state index is 12.0. The highest BCUT2D eigenvalue weighted by atomic mass is 35.5. The Bertz CT molecular complexity index is 481. The average Bonchev–Trinajstić information content (AvgIpc) is 2.54. The molecule has 0 aliphatic carbocycles. The van der Waals surface area contributed by atoms with Crippen LogP contribution in [0.1, 0.15) is 16.8 Å². The van der Waals surface area contributed by atoms with Crippen LogP contribution in [-0.2, 0) is 0 Å². The Kier molecular flexibility index (Phi) is 1.83. The summed E-state index contributed by atoms with van der Waals surface area (Å²) in [5, 5.41) is 0.600. The van der Waals surface area contributed by atoms with Crippen LogP contribution in [0.3, 0.4) is 0 Å². The average molecular weight is 221 g/mol. The molecule has 0 saturated heterocycles. The molecule has 0 N–H and O–H groups in total. The van der Waals surface area contributed by atoms with E-state index in [4.69, 9.17) is 11.6 Å². The number of carbonyl (C=O) groups is 1. The van der Waals surface area contributed by atoms with E-state index >= 15 is 0 Å². The molecule has 0 aromatic heterocycles. The van der Waals surface area contributed by atoms with Crippen LogP contribution >= 0.6 is 11.6 Å². The summed E-state index contributed by atoms with van der Waals surface area (Å²) < 4.78 is 0. The largest absolute Gasteiger partial charge is 0.323 e. The Morgan fingerprint density at radius 3 is 3.13 bits per heavy atom. The van der Waals surface area contributed by atoms with E-state index in [1.165, 1.54) is 0 Å². The number of amidine groups is 1. The molecule has 4 heteroatoms. The quantitative estimate of drug-likeness (QED) is 0.671. The van der Waals surface area contributed by atoms with E-state index in [1.54, 1.807) is 6.07 Å². The van der Waals surface area contributed by atoms with Crippen molar-refractivity contribution in [1.82, 2.24) is 0 Å². The molecular weight excluding hydrogens is 212 g/mol. The van der Waals surface area contributed by atoms with Crippen LogP contribution in [0.25, 0.3) is 0 Å². The van der Waals surface area contributed by atoms with Crippen LogP contribution in [0.15, 0.2) is 23.2 Å². The van der Waals surface area contributed by atoms with Crippen molar-refractivity contribution in [3.05, 3.63) is 28.8 Å². The molecule has 0 amide bonds. The first-order valence-electron chi connectivity index (χ1n) is 4.93. The van der Waals surface area contributed by atoms with Crippen molar-refractivity contribution >= 4 is 28.9 Å². The van der Waals surface area contributed by atoms with Gasteiger partial charge in [0.05, 0.1) is 11.3 Å². The molecule has 0 atom stereocenters. The van der Waals surface area contributed by atoms with E-state index in [9.17, 15) is 4.79 Å². The number of Topliss-reactive ketones (excluding diaryl/α,β-unsaturated/α-hetero) is 1. The molecule has 2 aliphatic heterocycles. The third kappa shape index (κ3) is 1.20. The number of carbonyl (C=O) groups excluding carboxylic acids is 1. The van der Waals surface area contributed by atoms with Gasteiger partial charge in [-0.05, 0) is 24.6 Å². The number of anilines is 1. The van der Waals surface area contributed by atoms with Gasteiger partial charge in [0.1, 0.15) is 0 Å². The molecule has 0 radical (unpaired) electrons. The van der Waals surface area contributed by atoms with E-state index in [0.717, 1.165) is 25.2 Å². The smallest absolute Gasteiger partial charge is 0.230 e. The lowest BCUT2D eigenvalue weighted by molar-refractivity contribution is 0.106. The zero-order valence-corrected chi connectivity index (χ0v) is 8.79. The van der Waals surface area contributed by atoms with Crippen molar-refractivity contribution in [3.63, 3.8) is 0 Å². The number of nitrogens with zero attached hydrogens (tertiary/aromatic N) is 2. The predicted octanol–water partition coefficient (Wildman–Crippen LogP) is 2.14. The number of hydrogen-bond donors (Lipinski definition) is 0. The first-order valence-corrected chi connectivity index (χ1v) is 5.31. The molecule has 15 heavy (non-hydrogen) atoms. The van der Waals surface area contributed by atoms with Gasteiger partial charge in [0.2, 0.25) is 5.78 Å². The summed E-state index contributed by atoms with van der Waals surface area (Å²) in [5.41, 5.74) is 1.63. The molecule has 2 aliphatic rings. The molecule has 0 spiro atoms. The zero-order chi connectivity index (χ0) is 10.4. The van der Waals surface area contributed by atoms with Crippen LogP contribution in [0, 0.1) is 0 Å². The number of hydrogen-bond acceptors (Lipinski definition) is 3. The number of rotatable bonds is 0. The minimum absolute atomic E-state index is 0.00667. The van der Waals surface area contributed by atoms with Gasteiger partial charge in [0.25, 0.3) is 0 Å². The molecular formula is C11H9ClN2O. The third-order valence-electron chi connectivity index (χ3n) is 2.75. The fourth-order valence-corrected chi connectivity index (χ4v) is 2.25. The minimum Gasteiger partial charge on any atom is -0.323 e. The first-order chi connectivity index (χ1) is 7.27. The summed E-state index contributed by atoms with van der Waals surface area (Å²) in [7, 11) is 0. The number of benzene rings is 1. The van der Waals surface area contributed by atoms with E-state index < -0.39 is 0 Å². The first kappa shape index (κ1) is 8.92. The lowest BCUT2D eigenvalue weighted by Crippen LogP contribution is -2.34. The second-order valence-electron chi connectivity index (χ2n) is 3.70. The Hall–Kier alpha value is -1.35. The number of ketones is 1. The van der Waals surface area contributed by atoms with Gasteiger partial charge in [0.15, 0.2) is 5.84 Å². The number of fused-ring (bicyclic) bond motifs is 3. The van der Waals surface area contributed by atoms with Crippen molar-refractivity contribution in [2.24, 2.45) is 4.99 Å². The van der Waals surface area contributed by atoms with Crippen LogP contribution < -0.4 is 4.90 Å². The Balaban J connectivity index is 2.21. The summed E-state index contributed by atoms with van der Waals surface area (Å²) in [5.74, 6) is 0.589. The molecule has 0 unspecified atom stereocenters. The zero-order valence-electron chi connectivity index (χ0n) is 8.03. The fraction of sp³-hybridized carbons (Fsp3) is 0.273. The van der Waals surface area contributed by atoms with Crippen molar-refractivity contribution in [2.75, 3.05) is 18.0 Å². The van der Waals surface area contributed by atoms with E-state index in [2.05, 4.69) is 4.99 Å².